The summed E-state index contributed by atoms with van der Waals surface area (Å²) in [5, 5.41) is 0. The van der Waals surface area contributed by atoms with Crippen LogP contribution in [0.5, 0.6) is 0 Å². The highest BCUT2D eigenvalue weighted by molar-refractivity contribution is 8.13. The topological polar surface area (TPSA) is 43.4 Å². The van der Waals surface area contributed by atoms with Crippen molar-refractivity contribution in [3.8, 4) is 0 Å². The van der Waals surface area contributed by atoms with Crippen molar-refractivity contribution < 1.29 is 13.2 Å². The van der Waals surface area contributed by atoms with Crippen LogP contribution < -0.4 is 0 Å². The first-order valence-electron chi connectivity index (χ1n) is 4.66. The molecule has 1 heterocycles. The van der Waals surface area contributed by atoms with Crippen LogP contribution in [0.25, 0.3) is 0 Å². The molecule has 0 amide bonds. The maximum atomic E-state index is 11.0. The Morgan fingerprint density at radius 2 is 2.20 bits per heavy atom. The van der Waals surface area contributed by atoms with E-state index in [9.17, 15) is 8.42 Å². The third-order valence-electron chi connectivity index (χ3n) is 2.45. The van der Waals surface area contributed by atoms with Crippen molar-refractivity contribution in [2.45, 2.75) is 18.8 Å². The van der Waals surface area contributed by atoms with Crippen LogP contribution in [-0.2, 0) is 32.6 Å². The maximum absolute atomic E-state index is 11.0. The molecule has 3 nitrogen and oxygen atoms in total. The summed E-state index contributed by atoms with van der Waals surface area (Å²) >= 11 is 0. The molecule has 0 unspecified atom stereocenters. The first-order chi connectivity index (χ1) is 7.06. The first kappa shape index (κ1) is 10.9. The third-order valence-corrected chi connectivity index (χ3v) is 3.44. The summed E-state index contributed by atoms with van der Waals surface area (Å²) in [6.07, 6.45) is 0.762. The van der Waals surface area contributed by atoms with Gasteiger partial charge in [-0.2, -0.15) is 0 Å². The molecule has 0 radical (unpaired) electrons. The fourth-order valence-corrected chi connectivity index (χ4v) is 2.82. The van der Waals surface area contributed by atoms with Crippen molar-refractivity contribution >= 4 is 19.7 Å². The summed E-state index contributed by atoms with van der Waals surface area (Å²) in [5.41, 5.74) is 2.94. The Bertz CT molecular complexity index is 468. The standard InChI is InChI=1S/C10H11ClO3S/c11-15(12,13)7-9-3-1-2-8-6-14-5-4-10(8)9/h1-3H,4-7H2. The van der Waals surface area contributed by atoms with Gasteiger partial charge < -0.3 is 4.74 Å². The van der Waals surface area contributed by atoms with Gasteiger partial charge in [-0.3, -0.25) is 0 Å². The number of fused-ring (bicyclic) bond motifs is 1. The SMILES string of the molecule is O=S(=O)(Cl)Cc1cccc2c1CCOC2. The van der Waals surface area contributed by atoms with Crippen LogP contribution in [0.4, 0.5) is 0 Å². The molecule has 0 aliphatic carbocycles. The second-order valence-electron chi connectivity index (χ2n) is 3.54. The number of benzene rings is 1. The van der Waals surface area contributed by atoms with Crippen LogP contribution in [0.15, 0.2) is 18.2 Å². The number of rotatable bonds is 2. The highest BCUT2D eigenvalue weighted by atomic mass is 35.7. The van der Waals surface area contributed by atoms with Gasteiger partial charge in [-0.15, -0.1) is 0 Å². The van der Waals surface area contributed by atoms with Gasteiger partial charge in [0.2, 0.25) is 9.05 Å². The molecular formula is C10H11ClO3S. The molecule has 82 valence electrons. The minimum Gasteiger partial charge on any atom is -0.376 e. The van der Waals surface area contributed by atoms with Crippen LogP contribution in [0.2, 0.25) is 0 Å². The van der Waals surface area contributed by atoms with Gasteiger partial charge in [0.25, 0.3) is 0 Å². The molecule has 1 aliphatic rings. The summed E-state index contributed by atoms with van der Waals surface area (Å²) in [7, 11) is 1.77. The average Bonchev–Trinajstić information content (AvgIpc) is 2.16. The second kappa shape index (κ2) is 4.12. The summed E-state index contributed by atoms with van der Waals surface area (Å²) in [5.74, 6) is -0.0995. The lowest BCUT2D eigenvalue weighted by Crippen LogP contribution is -2.13. The molecular weight excluding hydrogens is 236 g/mol. The molecule has 0 spiro atoms. The van der Waals surface area contributed by atoms with Crippen molar-refractivity contribution in [1.82, 2.24) is 0 Å². The van der Waals surface area contributed by atoms with E-state index in [1.54, 1.807) is 0 Å². The maximum Gasteiger partial charge on any atom is 0.236 e. The predicted octanol–water partition coefficient (Wildman–Crippen LogP) is 1.83. The average molecular weight is 247 g/mol. The van der Waals surface area contributed by atoms with Crippen molar-refractivity contribution in [3.63, 3.8) is 0 Å². The molecule has 0 saturated carbocycles. The minimum atomic E-state index is -3.48. The third kappa shape index (κ3) is 2.71. The van der Waals surface area contributed by atoms with Crippen LogP contribution in [0.1, 0.15) is 16.7 Å². The molecule has 0 bridgehead atoms. The van der Waals surface area contributed by atoms with E-state index in [0.29, 0.717) is 13.2 Å². The van der Waals surface area contributed by atoms with Crippen LogP contribution in [0, 0.1) is 0 Å². The van der Waals surface area contributed by atoms with Crippen molar-refractivity contribution in [3.05, 3.63) is 34.9 Å². The zero-order valence-corrected chi connectivity index (χ0v) is 9.64. The number of halogens is 1. The van der Waals surface area contributed by atoms with E-state index in [1.165, 1.54) is 0 Å². The highest BCUT2D eigenvalue weighted by Gasteiger charge is 2.16. The Morgan fingerprint density at radius 1 is 1.40 bits per heavy atom. The Labute approximate surface area is 93.4 Å². The van der Waals surface area contributed by atoms with Gasteiger partial charge in [0.05, 0.1) is 19.0 Å². The molecule has 1 aromatic rings. The van der Waals surface area contributed by atoms with Gasteiger partial charge in [0.1, 0.15) is 0 Å². The molecule has 1 aliphatic heterocycles. The molecule has 15 heavy (non-hydrogen) atoms. The Morgan fingerprint density at radius 3 is 2.93 bits per heavy atom. The number of hydrogen-bond acceptors (Lipinski definition) is 3. The van der Waals surface area contributed by atoms with Gasteiger partial charge in [0.15, 0.2) is 0 Å². The fraction of sp³-hybridized carbons (Fsp3) is 0.400. The molecule has 1 aromatic carbocycles. The van der Waals surface area contributed by atoms with Crippen molar-refractivity contribution in [2.24, 2.45) is 0 Å². The summed E-state index contributed by atoms with van der Waals surface area (Å²) in [4.78, 5) is 0. The normalized spacial score (nSPS) is 16.1. The van der Waals surface area contributed by atoms with E-state index in [1.807, 2.05) is 18.2 Å². The summed E-state index contributed by atoms with van der Waals surface area (Å²) in [6, 6.07) is 5.61. The van der Waals surface area contributed by atoms with E-state index in [2.05, 4.69) is 0 Å². The molecule has 0 aromatic heterocycles. The van der Waals surface area contributed by atoms with Crippen LogP contribution in [-0.4, -0.2) is 15.0 Å². The molecule has 0 fully saturated rings. The van der Waals surface area contributed by atoms with Gasteiger partial charge in [0, 0.05) is 10.7 Å². The Kier molecular flexibility index (Phi) is 3.00. The first-order valence-corrected chi connectivity index (χ1v) is 7.14. The van der Waals surface area contributed by atoms with Crippen molar-refractivity contribution in [1.29, 1.82) is 0 Å². The van der Waals surface area contributed by atoms with Crippen LogP contribution >= 0.6 is 10.7 Å². The van der Waals surface area contributed by atoms with Crippen LogP contribution in [0.3, 0.4) is 0 Å². The predicted molar refractivity (Wildman–Crippen MR) is 58.3 cm³/mol. The molecule has 2 rings (SSSR count). The Balaban J connectivity index is 2.39. The largest absolute Gasteiger partial charge is 0.376 e. The van der Waals surface area contributed by atoms with Gasteiger partial charge in [-0.1, -0.05) is 18.2 Å². The highest BCUT2D eigenvalue weighted by Crippen LogP contribution is 2.23. The summed E-state index contributed by atoms with van der Waals surface area (Å²) in [6.45, 7) is 1.21. The van der Waals surface area contributed by atoms with Crippen molar-refractivity contribution in [2.75, 3.05) is 6.61 Å². The lowest BCUT2D eigenvalue weighted by atomic mass is 9.98. The molecule has 0 N–H and O–H groups in total. The minimum absolute atomic E-state index is 0.0995. The molecule has 0 atom stereocenters. The number of hydrogen-bond donors (Lipinski definition) is 0. The zero-order valence-electron chi connectivity index (χ0n) is 8.07. The number of ether oxygens (including phenoxy) is 1. The Hall–Kier alpha value is -0.580. The van der Waals surface area contributed by atoms with Gasteiger partial charge in [-0.05, 0) is 23.1 Å². The smallest absolute Gasteiger partial charge is 0.236 e. The van der Waals surface area contributed by atoms with E-state index in [4.69, 9.17) is 15.4 Å². The van der Waals surface area contributed by atoms with E-state index < -0.39 is 9.05 Å². The lowest BCUT2D eigenvalue weighted by molar-refractivity contribution is 0.110. The van der Waals surface area contributed by atoms with E-state index in [-0.39, 0.29) is 5.75 Å². The second-order valence-corrected chi connectivity index (χ2v) is 6.32. The van der Waals surface area contributed by atoms with E-state index in [0.717, 1.165) is 23.1 Å². The van der Waals surface area contributed by atoms with E-state index >= 15 is 0 Å². The van der Waals surface area contributed by atoms with Gasteiger partial charge >= 0.3 is 0 Å². The van der Waals surface area contributed by atoms with Gasteiger partial charge in [-0.25, -0.2) is 8.42 Å². The summed E-state index contributed by atoms with van der Waals surface area (Å²) < 4.78 is 27.3. The molecule has 5 heteroatoms. The lowest BCUT2D eigenvalue weighted by Gasteiger charge is -2.19. The quantitative estimate of drug-likeness (QED) is 0.748. The molecule has 0 saturated heterocycles. The monoisotopic (exact) mass is 246 g/mol. The fourth-order valence-electron chi connectivity index (χ4n) is 1.82. The zero-order chi connectivity index (χ0) is 10.9.